The van der Waals surface area contributed by atoms with Gasteiger partial charge in [-0.15, -0.1) is 11.8 Å². The van der Waals surface area contributed by atoms with Crippen molar-refractivity contribution in [2.75, 3.05) is 0 Å². The number of carbonyl (C=O) groups is 2. The summed E-state index contributed by atoms with van der Waals surface area (Å²) in [5.74, 6) is 4.03. The number of carbonyl (C=O) groups excluding carboxylic acids is 1. The van der Waals surface area contributed by atoms with Gasteiger partial charge in [0.15, 0.2) is 0 Å². The minimum absolute atomic E-state index is 0.143. The largest absolute Gasteiger partial charge is 0.480 e. The van der Waals surface area contributed by atoms with Crippen LogP contribution >= 0.6 is 0 Å². The molecule has 0 saturated carbocycles. The van der Waals surface area contributed by atoms with Gasteiger partial charge in [0, 0.05) is 6.42 Å². The van der Waals surface area contributed by atoms with Crippen LogP contribution in [0.25, 0.3) is 0 Å². The first-order valence-corrected chi connectivity index (χ1v) is 3.04. The number of hydrogen-bond acceptors (Lipinski definition) is 2. The number of hydrogen-bond donors (Lipinski definition) is 2. The Kier molecular flexibility index (Phi) is 4.58. The van der Waals surface area contributed by atoms with E-state index in [-0.39, 0.29) is 6.42 Å². The van der Waals surface area contributed by atoms with Gasteiger partial charge in [-0.05, 0) is 6.92 Å². The first-order valence-electron chi connectivity index (χ1n) is 3.04. The van der Waals surface area contributed by atoms with E-state index < -0.39 is 12.0 Å². The van der Waals surface area contributed by atoms with Gasteiger partial charge in [-0.1, -0.05) is 0 Å². The third kappa shape index (κ3) is 3.98. The zero-order chi connectivity index (χ0) is 8.69. The molecule has 1 amide bonds. The van der Waals surface area contributed by atoms with Crippen molar-refractivity contribution in [2.24, 2.45) is 0 Å². The number of carboxylic acid groups (broad SMARTS) is 1. The molecule has 0 aliphatic rings. The lowest BCUT2D eigenvalue weighted by Crippen LogP contribution is -2.35. The lowest BCUT2D eigenvalue weighted by Gasteiger charge is -2.05. The molecule has 4 heteroatoms. The van der Waals surface area contributed by atoms with Crippen molar-refractivity contribution in [1.29, 1.82) is 0 Å². The number of amides is 1. The average Bonchev–Trinajstić information content (AvgIpc) is 1.97. The zero-order valence-corrected chi connectivity index (χ0v) is 6.13. The lowest BCUT2D eigenvalue weighted by molar-refractivity contribution is -0.140. The minimum atomic E-state index is -1.07. The van der Waals surface area contributed by atoms with E-state index in [1.807, 2.05) is 0 Å². The van der Waals surface area contributed by atoms with Gasteiger partial charge < -0.3 is 10.4 Å². The summed E-state index contributed by atoms with van der Waals surface area (Å²) in [5.41, 5.74) is 0. The van der Waals surface area contributed by atoms with E-state index in [4.69, 9.17) is 5.11 Å². The molecule has 0 bridgehead atoms. The van der Waals surface area contributed by atoms with Crippen LogP contribution in [0.1, 0.15) is 13.3 Å². The number of nitrogens with one attached hydrogen (secondary N) is 1. The SMILES string of the molecule is CC#CCC(NC=O)C(=O)O. The summed E-state index contributed by atoms with van der Waals surface area (Å²) in [6.45, 7) is 1.61. The molecule has 1 atom stereocenters. The molecule has 0 spiro atoms. The summed E-state index contributed by atoms with van der Waals surface area (Å²) in [4.78, 5) is 20.2. The Bertz CT molecular complexity index is 201. The normalized spacial score (nSPS) is 10.6. The Morgan fingerprint density at radius 1 is 1.82 bits per heavy atom. The van der Waals surface area contributed by atoms with Crippen LogP contribution in [0.15, 0.2) is 0 Å². The van der Waals surface area contributed by atoms with Crippen molar-refractivity contribution in [1.82, 2.24) is 5.32 Å². The molecule has 0 aromatic rings. The zero-order valence-electron chi connectivity index (χ0n) is 6.13. The maximum Gasteiger partial charge on any atom is 0.327 e. The van der Waals surface area contributed by atoms with E-state index in [9.17, 15) is 9.59 Å². The molecule has 0 aliphatic heterocycles. The van der Waals surface area contributed by atoms with Crippen LogP contribution in [-0.2, 0) is 9.59 Å². The fourth-order valence-electron chi connectivity index (χ4n) is 0.504. The Balaban J connectivity index is 3.95. The van der Waals surface area contributed by atoms with E-state index >= 15 is 0 Å². The summed E-state index contributed by atoms with van der Waals surface area (Å²) < 4.78 is 0. The van der Waals surface area contributed by atoms with Crippen molar-refractivity contribution in [3.05, 3.63) is 0 Å². The second kappa shape index (κ2) is 5.30. The second-order valence-electron chi connectivity index (χ2n) is 1.81. The Labute approximate surface area is 64.6 Å². The van der Waals surface area contributed by atoms with Crippen LogP contribution in [0.3, 0.4) is 0 Å². The predicted octanol–water partition coefficient (Wildman–Crippen LogP) is -0.401. The Hall–Kier alpha value is -1.50. The molecule has 0 aromatic carbocycles. The van der Waals surface area contributed by atoms with Crippen LogP contribution < -0.4 is 5.32 Å². The van der Waals surface area contributed by atoms with Crippen LogP contribution in [0.2, 0.25) is 0 Å². The molecule has 2 N–H and O–H groups in total. The number of rotatable bonds is 4. The van der Waals surface area contributed by atoms with Gasteiger partial charge in [-0.25, -0.2) is 4.79 Å². The first-order chi connectivity index (χ1) is 5.22. The molecular formula is C7H9NO3. The molecule has 0 fully saturated rings. The van der Waals surface area contributed by atoms with Gasteiger partial charge >= 0.3 is 5.97 Å². The highest BCUT2D eigenvalue weighted by Crippen LogP contribution is 1.88. The van der Waals surface area contributed by atoms with Crippen molar-refractivity contribution < 1.29 is 14.7 Å². The van der Waals surface area contributed by atoms with Crippen LogP contribution in [0, 0.1) is 11.8 Å². The molecule has 0 rings (SSSR count). The van der Waals surface area contributed by atoms with Crippen LogP contribution in [-0.4, -0.2) is 23.5 Å². The molecule has 0 saturated heterocycles. The monoisotopic (exact) mass is 155 g/mol. The smallest absolute Gasteiger partial charge is 0.327 e. The van der Waals surface area contributed by atoms with Gasteiger partial charge in [0.1, 0.15) is 6.04 Å². The van der Waals surface area contributed by atoms with Gasteiger partial charge in [-0.3, -0.25) is 4.79 Å². The summed E-state index contributed by atoms with van der Waals surface area (Å²) >= 11 is 0. The van der Waals surface area contributed by atoms with E-state index in [1.165, 1.54) is 0 Å². The molecule has 4 nitrogen and oxygen atoms in total. The second-order valence-corrected chi connectivity index (χ2v) is 1.81. The number of aliphatic carboxylic acids is 1. The Morgan fingerprint density at radius 2 is 2.45 bits per heavy atom. The molecular weight excluding hydrogens is 146 g/mol. The Morgan fingerprint density at radius 3 is 2.82 bits per heavy atom. The van der Waals surface area contributed by atoms with Crippen LogP contribution in [0.4, 0.5) is 0 Å². The first kappa shape index (κ1) is 9.50. The molecule has 60 valence electrons. The predicted molar refractivity (Wildman–Crippen MR) is 38.7 cm³/mol. The van der Waals surface area contributed by atoms with Crippen molar-refractivity contribution in [2.45, 2.75) is 19.4 Å². The maximum atomic E-state index is 10.3. The van der Waals surface area contributed by atoms with E-state index in [0.29, 0.717) is 6.41 Å². The fraction of sp³-hybridized carbons (Fsp3) is 0.429. The third-order valence-corrected chi connectivity index (χ3v) is 1.05. The minimum Gasteiger partial charge on any atom is -0.480 e. The topological polar surface area (TPSA) is 66.4 Å². The summed E-state index contributed by atoms with van der Waals surface area (Å²) in [6.07, 6.45) is 0.501. The number of carboxylic acids is 1. The lowest BCUT2D eigenvalue weighted by atomic mass is 10.2. The molecule has 0 radical (unpaired) electrons. The fourth-order valence-corrected chi connectivity index (χ4v) is 0.504. The standard InChI is InChI=1S/C7H9NO3/c1-2-3-4-6(7(10)11)8-5-9/h5-6H,4H2,1H3,(H,8,9)(H,10,11). The van der Waals surface area contributed by atoms with E-state index in [1.54, 1.807) is 6.92 Å². The highest BCUT2D eigenvalue weighted by atomic mass is 16.4. The van der Waals surface area contributed by atoms with Crippen LogP contribution in [0.5, 0.6) is 0 Å². The van der Waals surface area contributed by atoms with Gasteiger partial charge in [0.2, 0.25) is 6.41 Å². The van der Waals surface area contributed by atoms with Gasteiger partial charge in [0.05, 0.1) is 0 Å². The molecule has 0 aromatic heterocycles. The van der Waals surface area contributed by atoms with Crippen molar-refractivity contribution in [3.63, 3.8) is 0 Å². The molecule has 0 heterocycles. The molecule has 0 aliphatic carbocycles. The quantitative estimate of drug-likeness (QED) is 0.428. The highest BCUT2D eigenvalue weighted by molar-refractivity contribution is 5.76. The van der Waals surface area contributed by atoms with Gasteiger partial charge in [0.25, 0.3) is 0 Å². The van der Waals surface area contributed by atoms with E-state index in [0.717, 1.165) is 0 Å². The van der Waals surface area contributed by atoms with Gasteiger partial charge in [-0.2, -0.15) is 0 Å². The summed E-state index contributed by atoms with van der Waals surface area (Å²) in [6, 6.07) is -0.889. The van der Waals surface area contributed by atoms with E-state index in [2.05, 4.69) is 17.2 Å². The third-order valence-electron chi connectivity index (χ3n) is 1.05. The highest BCUT2D eigenvalue weighted by Gasteiger charge is 2.13. The average molecular weight is 155 g/mol. The summed E-state index contributed by atoms with van der Waals surface area (Å²) in [5, 5.41) is 10.6. The van der Waals surface area contributed by atoms with Crippen molar-refractivity contribution in [3.8, 4) is 11.8 Å². The summed E-state index contributed by atoms with van der Waals surface area (Å²) in [7, 11) is 0. The molecule has 1 unspecified atom stereocenters. The maximum absolute atomic E-state index is 10.3. The van der Waals surface area contributed by atoms with Crippen molar-refractivity contribution >= 4 is 12.4 Å². The molecule has 11 heavy (non-hydrogen) atoms.